The van der Waals surface area contributed by atoms with Crippen molar-refractivity contribution in [1.82, 2.24) is 0 Å². The third-order valence-corrected chi connectivity index (χ3v) is 4.04. The lowest BCUT2D eigenvalue weighted by atomic mass is 10.2. The maximum atomic E-state index is 6.04. The van der Waals surface area contributed by atoms with Crippen molar-refractivity contribution in [3.8, 4) is 0 Å². The first-order valence-electron chi connectivity index (χ1n) is 5.36. The standard InChI is InChI=1S/C14H14ClNS/c1-9-3-5-11(6-4-9)17-14-8-12(15)13(16)7-10(14)2/h3-8H,16H2,1-2H3. The van der Waals surface area contributed by atoms with E-state index in [1.807, 2.05) is 19.1 Å². The maximum absolute atomic E-state index is 6.04. The van der Waals surface area contributed by atoms with Crippen molar-refractivity contribution >= 4 is 29.1 Å². The Morgan fingerprint density at radius 2 is 1.71 bits per heavy atom. The molecule has 2 aromatic rings. The fourth-order valence-electron chi connectivity index (χ4n) is 1.53. The number of aryl methyl sites for hydroxylation is 2. The first-order valence-corrected chi connectivity index (χ1v) is 6.56. The molecule has 1 nitrogen and oxygen atoms in total. The Morgan fingerprint density at radius 1 is 1.06 bits per heavy atom. The summed E-state index contributed by atoms with van der Waals surface area (Å²) >= 11 is 7.74. The summed E-state index contributed by atoms with van der Waals surface area (Å²) in [6, 6.07) is 12.3. The van der Waals surface area contributed by atoms with Gasteiger partial charge in [-0.15, -0.1) is 0 Å². The summed E-state index contributed by atoms with van der Waals surface area (Å²) in [5.74, 6) is 0. The monoisotopic (exact) mass is 263 g/mol. The summed E-state index contributed by atoms with van der Waals surface area (Å²) in [7, 11) is 0. The van der Waals surface area contributed by atoms with Crippen LogP contribution in [0.5, 0.6) is 0 Å². The highest BCUT2D eigenvalue weighted by atomic mass is 35.5. The van der Waals surface area contributed by atoms with Crippen LogP contribution in [0.2, 0.25) is 5.02 Å². The van der Waals surface area contributed by atoms with Gasteiger partial charge in [0.25, 0.3) is 0 Å². The molecule has 0 aliphatic rings. The lowest BCUT2D eigenvalue weighted by molar-refractivity contribution is 1.29. The number of hydrogen-bond acceptors (Lipinski definition) is 2. The van der Waals surface area contributed by atoms with Crippen LogP contribution in [0.3, 0.4) is 0 Å². The zero-order chi connectivity index (χ0) is 12.4. The Kier molecular flexibility index (Phi) is 3.65. The van der Waals surface area contributed by atoms with E-state index < -0.39 is 0 Å². The molecule has 0 bridgehead atoms. The second-order valence-corrected chi connectivity index (χ2v) is 5.58. The number of hydrogen-bond donors (Lipinski definition) is 1. The zero-order valence-corrected chi connectivity index (χ0v) is 11.4. The van der Waals surface area contributed by atoms with Gasteiger partial charge in [-0.1, -0.05) is 41.1 Å². The molecule has 2 N–H and O–H groups in total. The van der Waals surface area contributed by atoms with Crippen LogP contribution in [-0.2, 0) is 0 Å². The summed E-state index contributed by atoms with van der Waals surface area (Å²) in [4.78, 5) is 2.35. The third-order valence-electron chi connectivity index (χ3n) is 2.54. The Balaban J connectivity index is 2.30. The zero-order valence-electron chi connectivity index (χ0n) is 9.83. The smallest absolute Gasteiger partial charge is 0.0646 e. The first-order chi connectivity index (χ1) is 8.06. The average Bonchev–Trinajstić information content (AvgIpc) is 2.29. The van der Waals surface area contributed by atoms with Crippen molar-refractivity contribution in [1.29, 1.82) is 0 Å². The Hall–Kier alpha value is -1.12. The van der Waals surface area contributed by atoms with Crippen molar-refractivity contribution in [3.05, 3.63) is 52.5 Å². The van der Waals surface area contributed by atoms with Gasteiger partial charge in [0.2, 0.25) is 0 Å². The molecule has 0 radical (unpaired) electrons. The van der Waals surface area contributed by atoms with Gasteiger partial charge in [0.15, 0.2) is 0 Å². The van der Waals surface area contributed by atoms with Gasteiger partial charge in [-0.3, -0.25) is 0 Å². The first kappa shape index (κ1) is 12.3. The molecule has 2 rings (SSSR count). The number of benzene rings is 2. The van der Waals surface area contributed by atoms with Crippen LogP contribution in [-0.4, -0.2) is 0 Å². The quantitative estimate of drug-likeness (QED) is 0.796. The summed E-state index contributed by atoms with van der Waals surface area (Å²) in [5.41, 5.74) is 8.81. The summed E-state index contributed by atoms with van der Waals surface area (Å²) in [6.07, 6.45) is 0. The minimum Gasteiger partial charge on any atom is -0.398 e. The fourth-order valence-corrected chi connectivity index (χ4v) is 2.68. The second-order valence-electron chi connectivity index (χ2n) is 4.05. The molecule has 0 aliphatic carbocycles. The van der Waals surface area contributed by atoms with Crippen LogP contribution in [0.1, 0.15) is 11.1 Å². The van der Waals surface area contributed by atoms with E-state index in [0.717, 1.165) is 10.5 Å². The molecule has 0 heterocycles. The minimum absolute atomic E-state index is 0.616. The van der Waals surface area contributed by atoms with Gasteiger partial charge in [-0.05, 0) is 43.7 Å². The van der Waals surface area contributed by atoms with Crippen LogP contribution in [0.25, 0.3) is 0 Å². The molecular weight excluding hydrogens is 250 g/mol. The Labute approximate surface area is 111 Å². The lowest BCUT2D eigenvalue weighted by Crippen LogP contribution is -1.89. The largest absolute Gasteiger partial charge is 0.398 e. The van der Waals surface area contributed by atoms with Crippen LogP contribution in [0.15, 0.2) is 46.2 Å². The van der Waals surface area contributed by atoms with E-state index in [1.54, 1.807) is 11.8 Å². The molecule has 3 heteroatoms. The second kappa shape index (κ2) is 5.03. The van der Waals surface area contributed by atoms with Crippen molar-refractivity contribution in [2.24, 2.45) is 0 Å². The number of rotatable bonds is 2. The predicted molar refractivity (Wildman–Crippen MR) is 75.9 cm³/mol. The van der Waals surface area contributed by atoms with Gasteiger partial charge in [-0.2, -0.15) is 0 Å². The highest BCUT2D eigenvalue weighted by Gasteiger charge is 2.05. The number of halogens is 1. The van der Waals surface area contributed by atoms with E-state index in [2.05, 4.69) is 31.2 Å². The predicted octanol–water partition coefficient (Wildman–Crippen LogP) is 4.69. The summed E-state index contributed by atoms with van der Waals surface area (Å²) in [6.45, 7) is 4.13. The van der Waals surface area contributed by atoms with Gasteiger partial charge >= 0.3 is 0 Å². The van der Waals surface area contributed by atoms with E-state index in [-0.39, 0.29) is 0 Å². The summed E-state index contributed by atoms with van der Waals surface area (Å²) < 4.78 is 0. The van der Waals surface area contributed by atoms with Gasteiger partial charge < -0.3 is 5.73 Å². The molecule has 17 heavy (non-hydrogen) atoms. The van der Waals surface area contributed by atoms with Crippen molar-refractivity contribution in [2.75, 3.05) is 5.73 Å². The molecular formula is C14H14ClNS. The third kappa shape index (κ3) is 2.96. The Bertz CT molecular complexity index is 535. The average molecular weight is 264 g/mol. The van der Waals surface area contributed by atoms with Gasteiger partial charge in [0, 0.05) is 9.79 Å². The summed E-state index contributed by atoms with van der Waals surface area (Å²) in [5, 5.41) is 0.616. The van der Waals surface area contributed by atoms with Crippen LogP contribution in [0, 0.1) is 13.8 Å². The van der Waals surface area contributed by atoms with Crippen molar-refractivity contribution in [2.45, 2.75) is 23.6 Å². The minimum atomic E-state index is 0.616. The number of nitrogens with two attached hydrogens (primary N) is 1. The highest BCUT2D eigenvalue weighted by molar-refractivity contribution is 7.99. The molecule has 0 atom stereocenters. The maximum Gasteiger partial charge on any atom is 0.0646 e. The number of nitrogen functional groups attached to an aromatic ring is 1. The van der Waals surface area contributed by atoms with Gasteiger partial charge in [0.1, 0.15) is 0 Å². The van der Waals surface area contributed by atoms with E-state index in [4.69, 9.17) is 17.3 Å². The van der Waals surface area contributed by atoms with Gasteiger partial charge in [0.05, 0.1) is 10.7 Å². The molecule has 0 fully saturated rings. The molecule has 0 amide bonds. The van der Waals surface area contributed by atoms with Gasteiger partial charge in [-0.25, -0.2) is 0 Å². The van der Waals surface area contributed by atoms with E-state index in [9.17, 15) is 0 Å². The lowest BCUT2D eigenvalue weighted by Gasteiger charge is -2.08. The Morgan fingerprint density at radius 3 is 2.35 bits per heavy atom. The SMILES string of the molecule is Cc1ccc(Sc2cc(Cl)c(N)cc2C)cc1. The molecule has 0 aromatic heterocycles. The highest BCUT2D eigenvalue weighted by Crippen LogP contribution is 2.34. The molecule has 0 saturated heterocycles. The molecule has 0 spiro atoms. The molecule has 0 aliphatic heterocycles. The van der Waals surface area contributed by atoms with E-state index in [0.29, 0.717) is 10.7 Å². The fraction of sp³-hybridized carbons (Fsp3) is 0.143. The normalized spacial score (nSPS) is 10.5. The van der Waals surface area contributed by atoms with E-state index in [1.165, 1.54) is 10.5 Å². The van der Waals surface area contributed by atoms with Crippen LogP contribution in [0.4, 0.5) is 5.69 Å². The van der Waals surface area contributed by atoms with Crippen molar-refractivity contribution in [3.63, 3.8) is 0 Å². The number of anilines is 1. The molecule has 2 aromatic carbocycles. The topological polar surface area (TPSA) is 26.0 Å². The van der Waals surface area contributed by atoms with Crippen molar-refractivity contribution < 1.29 is 0 Å². The molecule has 0 saturated carbocycles. The van der Waals surface area contributed by atoms with Crippen LogP contribution < -0.4 is 5.73 Å². The van der Waals surface area contributed by atoms with Crippen LogP contribution >= 0.6 is 23.4 Å². The molecule has 0 unspecified atom stereocenters. The van der Waals surface area contributed by atoms with E-state index >= 15 is 0 Å². The molecule has 88 valence electrons.